The second-order valence-corrected chi connectivity index (χ2v) is 19.0. The van der Waals surface area contributed by atoms with E-state index in [4.69, 9.17) is 0 Å². The first kappa shape index (κ1) is 37.5. The Bertz CT molecular complexity index is 1180. The summed E-state index contributed by atoms with van der Waals surface area (Å²) >= 11 is 0. The summed E-state index contributed by atoms with van der Waals surface area (Å²) in [5.74, 6) is -2.94. The number of Topliss-reactive ketones (excluding diaryl/α,β-unsaturated/α-hetero) is 6. The fourth-order valence-electron chi connectivity index (χ4n) is 8.60. The highest BCUT2D eigenvalue weighted by molar-refractivity contribution is 6.37. The van der Waals surface area contributed by atoms with E-state index in [2.05, 4.69) is 13.8 Å². The molecule has 0 spiro atoms. The number of fused-ring (bicyclic) bond motifs is 1. The van der Waals surface area contributed by atoms with E-state index < -0.39 is 46.6 Å². The van der Waals surface area contributed by atoms with Gasteiger partial charge in [-0.2, -0.15) is 0 Å². The summed E-state index contributed by atoms with van der Waals surface area (Å²) in [5.41, 5.74) is -1.13. The number of hydrogen-bond donors (Lipinski definition) is 0. The molecule has 0 bridgehead atoms. The zero-order valence-corrected chi connectivity index (χ0v) is 30.4. The molecule has 254 valence electrons. The van der Waals surface area contributed by atoms with Crippen molar-refractivity contribution in [3.63, 3.8) is 0 Å². The minimum absolute atomic E-state index is 0.0188. The van der Waals surface area contributed by atoms with Gasteiger partial charge < -0.3 is 0 Å². The molecule has 45 heavy (non-hydrogen) atoms. The monoisotopic (exact) mass is 626 g/mol. The summed E-state index contributed by atoms with van der Waals surface area (Å²) in [4.78, 5) is 80.7. The van der Waals surface area contributed by atoms with Gasteiger partial charge in [-0.1, -0.05) is 95.4 Å². The Kier molecular flexibility index (Phi) is 11.0. The van der Waals surface area contributed by atoms with Crippen molar-refractivity contribution in [2.75, 3.05) is 0 Å². The summed E-state index contributed by atoms with van der Waals surface area (Å²) in [6.45, 7) is 23.6. The first-order valence-electron chi connectivity index (χ1n) is 17.5. The Morgan fingerprint density at radius 1 is 0.778 bits per heavy atom. The zero-order chi connectivity index (χ0) is 34.4. The standard InChI is InChI=1S/C39H62O6/c1-22(40)34(44)24(16-23-14-13-15-23)17-30(42)32-26(20-28-33(32)39(28,11)12)35(45)29(38(8,9)10)19-25(41)18-27(37(5,6)7)31(43)21-36(2,3)4/h23-24,26-29,32-33H,13-21H2,1-12H3. The highest BCUT2D eigenvalue weighted by Gasteiger charge is 2.69. The molecular weight excluding hydrogens is 564 g/mol. The predicted molar refractivity (Wildman–Crippen MR) is 177 cm³/mol. The number of ketones is 6. The molecule has 0 radical (unpaired) electrons. The fourth-order valence-corrected chi connectivity index (χ4v) is 8.60. The minimum atomic E-state index is -0.614. The molecular formula is C39H62O6. The van der Waals surface area contributed by atoms with E-state index in [1.165, 1.54) is 6.92 Å². The third kappa shape index (κ3) is 8.89. The molecule has 0 amide bonds. The van der Waals surface area contributed by atoms with Crippen molar-refractivity contribution in [2.45, 2.75) is 141 Å². The Hall–Kier alpha value is -1.98. The maximum absolute atomic E-state index is 14.5. The molecule has 0 N–H and O–H groups in total. The lowest BCUT2D eigenvalue weighted by Crippen LogP contribution is -2.41. The lowest BCUT2D eigenvalue weighted by molar-refractivity contribution is -0.142. The van der Waals surface area contributed by atoms with Gasteiger partial charge in [0.05, 0.1) is 0 Å². The molecule has 0 aliphatic heterocycles. The summed E-state index contributed by atoms with van der Waals surface area (Å²) in [5, 5.41) is 0. The summed E-state index contributed by atoms with van der Waals surface area (Å²) in [6.07, 6.45) is 4.93. The lowest BCUT2D eigenvalue weighted by atomic mass is 9.66. The van der Waals surface area contributed by atoms with Crippen LogP contribution in [0.1, 0.15) is 141 Å². The van der Waals surface area contributed by atoms with Crippen molar-refractivity contribution in [2.24, 2.45) is 69.0 Å². The number of rotatable bonds is 15. The summed E-state index contributed by atoms with van der Waals surface area (Å²) in [6, 6.07) is 0. The second-order valence-electron chi connectivity index (χ2n) is 19.0. The third-order valence-electron chi connectivity index (χ3n) is 11.6. The normalized spacial score (nSPS) is 26.7. The highest BCUT2D eigenvalue weighted by Crippen LogP contribution is 2.71. The van der Waals surface area contributed by atoms with Crippen LogP contribution in [0.3, 0.4) is 0 Å². The van der Waals surface area contributed by atoms with Crippen molar-refractivity contribution >= 4 is 34.7 Å². The Labute approximate surface area is 273 Å². The second kappa shape index (κ2) is 13.3. The van der Waals surface area contributed by atoms with E-state index in [9.17, 15) is 28.8 Å². The first-order chi connectivity index (χ1) is 20.4. The third-order valence-corrected chi connectivity index (χ3v) is 11.6. The molecule has 0 aromatic rings. The van der Waals surface area contributed by atoms with Gasteiger partial charge in [-0.05, 0) is 52.3 Å². The van der Waals surface area contributed by atoms with Gasteiger partial charge in [0.25, 0.3) is 0 Å². The van der Waals surface area contributed by atoms with E-state index in [-0.39, 0.29) is 70.5 Å². The molecule has 6 heteroatoms. The van der Waals surface area contributed by atoms with Crippen LogP contribution in [0.2, 0.25) is 0 Å². The summed E-state index contributed by atoms with van der Waals surface area (Å²) in [7, 11) is 0. The van der Waals surface area contributed by atoms with Crippen LogP contribution in [0.15, 0.2) is 0 Å². The SMILES string of the molecule is CC(=O)C(=O)C(CC(=O)C1C(C(=O)C(CC(=O)CC(C(=O)CC(C)(C)C)C(C)(C)C)C(C)(C)C)CC2C1C2(C)C)CC1CCC1. The topological polar surface area (TPSA) is 102 Å². The van der Waals surface area contributed by atoms with Crippen LogP contribution in [0, 0.1) is 69.0 Å². The van der Waals surface area contributed by atoms with Crippen molar-refractivity contribution < 1.29 is 28.8 Å². The minimum Gasteiger partial charge on any atom is -0.300 e. The average molecular weight is 627 g/mol. The van der Waals surface area contributed by atoms with Gasteiger partial charge in [-0.25, -0.2) is 0 Å². The fraction of sp³-hybridized carbons (Fsp3) is 0.846. The number of carbonyl (C=O) groups excluding carboxylic acids is 6. The Morgan fingerprint density at radius 3 is 1.76 bits per heavy atom. The van der Waals surface area contributed by atoms with Crippen molar-refractivity contribution in [1.29, 1.82) is 0 Å². The largest absolute Gasteiger partial charge is 0.300 e. The van der Waals surface area contributed by atoms with Crippen LogP contribution >= 0.6 is 0 Å². The maximum atomic E-state index is 14.5. The van der Waals surface area contributed by atoms with E-state index in [1.54, 1.807) is 0 Å². The number of hydrogen-bond acceptors (Lipinski definition) is 6. The van der Waals surface area contributed by atoms with Crippen LogP contribution < -0.4 is 0 Å². The molecule has 3 fully saturated rings. The van der Waals surface area contributed by atoms with Crippen molar-refractivity contribution in [1.82, 2.24) is 0 Å². The van der Waals surface area contributed by atoms with E-state index in [1.807, 2.05) is 62.3 Å². The number of carbonyl (C=O) groups is 6. The van der Waals surface area contributed by atoms with Crippen LogP contribution in [0.5, 0.6) is 0 Å². The van der Waals surface area contributed by atoms with Gasteiger partial charge in [0.15, 0.2) is 5.78 Å². The Balaban J connectivity index is 1.84. The Morgan fingerprint density at radius 2 is 1.31 bits per heavy atom. The van der Waals surface area contributed by atoms with Gasteiger partial charge in [0.1, 0.15) is 23.1 Å². The molecule has 3 aliphatic rings. The molecule has 0 saturated heterocycles. The zero-order valence-electron chi connectivity index (χ0n) is 30.4. The van der Waals surface area contributed by atoms with Gasteiger partial charge >= 0.3 is 0 Å². The smallest absolute Gasteiger partial charge is 0.201 e. The van der Waals surface area contributed by atoms with Crippen molar-refractivity contribution in [3.05, 3.63) is 0 Å². The van der Waals surface area contributed by atoms with E-state index in [0.29, 0.717) is 25.2 Å². The van der Waals surface area contributed by atoms with Crippen LogP contribution in [0.25, 0.3) is 0 Å². The molecule has 3 rings (SSSR count). The quantitative estimate of drug-likeness (QED) is 0.170. The first-order valence-corrected chi connectivity index (χ1v) is 17.5. The predicted octanol–water partition coefficient (Wildman–Crippen LogP) is 8.07. The van der Waals surface area contributed by atoms with Gasteiger partial charge in [-0.3, -0.25) is 28.8 Å². The van der Waals surface area contributed by atoms with Crippen LogP contribution in [-0.2, 0) is 28.8 Å². The lowest BCUT2D eigenvalue weighted by Gasteiger charge is -2.36. The molecule has 3 saturated carbocycles. The molecule has 0 aromatic heterocycles. The van der Waals surface area contributed by atoms with Gasteiger partial charge in [0.2, 0.25) is 5.78 Å². The van der Waals surface area contributed by atoms with Crippen LogP contribution in [0.4, 0.5) is 0 Å². The van der Waals surface area contributed by atoms with Gasteiger partial charge in [-0.15, -0.1) is 0 Å². The summed E-state index contributed by atoms with van der Waals surface area (Å²) < 4.78 is 0. The van der Waals surface area contributed by atoms with E-state index in [0.717, 1.165) is 19.3 Å². The molecule has 7 atom stereocenters. The van der Waals surface area contributed by atoms with Gasteiger partial charge in [0, 0.05) is 62.2 Å². The molecule has 3 aliphatic carbocycles. The molecule has 6 nitrogen and oxygen atoms in total. The molecule has 7 unspecified atom stereocenters. The van der Waals surface area contributed by atoms with Crippen molar-refractivity contribution in [3.8, 4) is 0 Å². The van der Waals surface area contributed by atoms with E-state index >= 15 is 0 Å². The maximum Gasteiger partial charge on any atom is 0.201 e. The average Bonchev–Trinajstić information content (AvgIpc) is 3.17. The molecule has 0 aromatic carbocycles. The highest BCUT2D eigenvalue weighted by atomic mass is 16.2. The van der Waals surface area contributed by atoms with Crippen LogP contribution in [-0.4, -0.2) is 34.7 Å². The molecule has 0 heterocycles.